The monoisotopic (exact) mass is 377 g/mol. The number of H-pyrrole nitrogens is 1. The highest BCUT2D eigenvalue weighted by Crippen LogP contribution is 2.27. The lowest BCUT2D eigenvalue weighted by atomic mass is 10.3. The molecule has 0 unspecified atom stereocenters. The fourth-order valence-electron chi connectivity index (χ4n) is 2.65. The van der Waals surface area contributed by atoms with Gasteiger partial charge in [0.25, 0.3) is 0 Å². The van der Waals surface area contributed by atoms with Crippen LogP contribution in [0.2, 0.25) is 0 Å². The van der Waals surface area contributed by atoms with E-state index in [0.717, 1.165) is 5.52 Å². The first-order valence-electron chi connectivity index (χ1n) is 8.46. The number of carbonyl (C=O) groups excluding carboxylic acids is 1. The summed E-state index contributed by atoms with van der Waals surface area (Å²) in [6.45, 7) is 0. The van der Waals surface area contributed by atoms with E-state index in [1.54, 1.807) is 61.8 Å². The number of aromatic nitrogens is 3. The number of rotatable bonds is 6. The molecule has 8 heteroatoms. The molecule has 28 heavy (non-hydrogen) atoms. The molecule has 1 amide bonds. The van der Waals surface area contributed by atoms with E-state index in [9.17, 15) is 9.18 Å². The minimum absolute atomic E-state index is 0.335. The van der Waals surface area contributed by atoms with Gasteiger partial charge in [0.2, 0.25) is 12.4 Å². The lowest BCUT2D eigenvalue weighted by Gasteiger charge is -2.11. The predicted octanol–water partition coefficient (Wildman–Crippen LogP) is 4.23. The Kier molecular flexibility index (Phi) is 4.59. The number of imidazole rings is 1. The van der Waals surface area contributed by atoms with Gasteiger partial charge in [-0.25, -0.2) is 14.4 Å². The zero-order chi connectivity index (χ0) is 19.5. The van der Waals surface area contributed by atoms with Gasteiger partial charge in [0.15, 0.2) is 0 Å². The number of halogens is 1. The van der Waals surface area contributed by atoms with Crippen LogP contribution in [0.25, 0.3) is 11.0 Å². The molecule has 7 nitrogen and oxygen atoms in total. The van der Waals surface area contributed by atoms with Crippen LogP contribution in [0.5, 0.6) is 11.5 Å². The van der Waals surface area contributed by atoms with Crippen molar-refractivity contribution in [1.29, 1.82) is 0 Å². The number of carbonyl (C=O) groups is 1. The summed E-state index contributed by atoms with van der Waals surface area (Å²) < 4.78 is 19.7. The van der Waals surface area contributed by atoms with Gasteiger partial charge >= 0.3 is 0 Å². The first kappa shape index (κ1) is 17.5. The molecule has 2 N–H and O–H groups in total. The molecule has 4 rings (SSSR count). The Morgan fingerprint density at radius 1 is 1.14 bits per heavy atom. The molecular weight excluding hydrogens is 361 g/mol. The second-order valence-corrected chi connectivity index (χ2v) is 6.04. The normalized spacial score (nSPS) is 10.6. The van der Waals surface area contributed by atoms with Crippen molar-refractivity contribution >= 4 is 34.9 Å². The molecule has 0 fully saturated rings. The first-order valence-corrected chi connectivity index (χ1v) is 8.46. The number of anilines is 3. The van der Waals surface area contributed by atoms with E-state index in [1.165, 1.54) is 11.0 Å². The molecule has 0 radical (unpaired) electrons. The zero-order valence-electron chi connectivity index (χ0n) is 14.9. The number of ether oxygens (including phenoxy) is 1. The van der Waals surface area contributed by atoms with Gasteiger partial charge in [-0.2, -0.15) is 0 Å². The van der Waals surface area contributed by atoms with Crippen molar-refractivity contribution in [2.75, 3.05) is 17.3 Å². The van der Waals surface area contributed by atoms with Gasteiger partial charge in [0.05, 0.1) is 16.7 Å². The molecule has 0 aliphatic carbocycles. The van der Waals surface area contributed by atoms with Crippen LogP contribution in [0.15, 0.2) is 60.8 Å². The Morgan fingerprint density at radius 2 is 1.96 bits per heavy atom. The molecule has 0 atom stereocenters. The van der Waals surface area contributed by atoms with Crippen LogP contribution in [-0.4, -0.2) is 28.4 Å². The molecule has 0 aliphatic heterocycles. The lowest BCUT2D eigenvalue weighted by Crippen LogP contribution is -2.14. The molecule has 2 heterocycles. The predicted molar refractivity (Wildman–Crippen MR) is 105 cm³/mol. The van der Waals surface area contributed by atoms with Crippen LogP contribution in [0, 0.1) is 5.82 Å². The van der Waals surface area contributed by atoms with Gasteiger partial charge in [0.1, 0.15) is 23.1 Å². The van der Waals surface area contributed by atoms with E-state index in [-0.39, 0.29) is 5.82 Å². The summed E-state index contributed by atoms with van der Waals surface area (Å²) in [5.74, 6) is 1.67. The van der Waals surface area contributed by atoms with Crippen LogP contribution in [0.4, 0.5) is 21.8 Å². The molecule has 4 aromatic rings. The van der Waals surface area contributed by atoms with Crippen LogP contribution < -0.4 is 15.0 Å². The third kappa shape index (κ3) is 3.61. The van der Waals surface area contributed by atoms with E-state index >= 15 is 0 Å². The zero-order valence-corrected chi connectivity index (χ0v) is 14.9. The van der Waals surface area contributed by atoms with E-state index < -0.39 is 0 Å². The summed E-state index contributed by atoms with van der Waals surface area (Å²) in [5.41, 5.74) is 1.78. The summed E-state index contributed by atoms with van der Waals surface area (Å²) in [7, 11) is 1.61. The van der Waals surface area contributed by atoms with E-state index in [2.05, 4.69) is 20.3 Å². The quantitative estimate of drug-likeness (QED) is 0.492. The summed E-state index contributed by atoms with van der Waals surface area (Å²) in [4.78, 5) is 23.8. The summed E-state index contributed by atoms with van der Waals surface area (Å²) in [5, 5.41) is 2.93. The second-order valence-electron chi connectivity index (χ2n) is 6.04. The molecule has 2 aromatic heterocycles. The Balaban J connectivity index is 1.57. The van der Waals surface area contributed by atoms with Crippen molar-refractivity contribution in [2.24, 2.45) is 0 Å². The summed E-state index contributed by atoms with van der Waals surface area (Å²) in [6, 6.07) is 15.1. The Labute approximate surface area is 159 Å². The Morgan fingerprint density at radius 3 is 2.79 bits per heavy atom. The highest BCUT2D eigenvalue weighted by atomic mass is 19.1. The van der Waals surface area contributed by atoms with Crippen molar-refractivity contribution in [3.8, 4) is 11.5 Å². The maximum absolute atomic E-state index is 13.8. The van der Waals surface area contributed by atoms with Crippen LogP contribution in [-0.2, 0) is 4.79 Å². The smallest absolute Gasteiger partial charge is 0.215 e. The Bertz CT molecular complexity index is 1140. The molecule has 0 saturated heterocycles. The average Bonchev–Trinajstić information content (AvgIpc) is 3.11. The largest absolute Gasteiger partial charge is 0.457 e. The van der Waals surface area contributed by atoms with Crippen molar-refractivity contribution in [3.63, 3.8) is 0 Å². The van der Waals surface area contributed by atoms with Gasteiger partial charge in [-0.15, -0.1) is 0 Å². The molecular formula is C20H16FN5O2. The van der Waals surface area contributed by atoms with Crippen LogP contribution in [0.1, 0.15) is 0 Å². The molecule has 0 saturated carbocycles. The number of pyridine rings is 1. The number of fused-ring (bicyclic) bond motifs is 1. The van der Waals surface area contributed by atoms with Gasteiger partial charge in [-0.3, -0.25) is 4.79 Å². The van der Waals surface area contributed by atoms with E-state index in [4.69, 9.17) is 4.74 Å². The molecule has 0 spiro atoms. The Hall–Kier alpha value is -3.94. The number of para-hydroxylation sites is 1. The van der Waals surface area contributed by atoms with E-state index in [1.807, 2.05) is 0 Å². The van der Waals surface area contributed by atoms with Crippen molar-refractivity contribution in [1.82, 2.24) is 15.0 Å². The standard InChI is InChI=1S/C20H16FN5O2/c1-26(12-27)19-11-14(8-9-22-19)28-13-6-7-17-18(10-13)25-20(24-17)23-16-5-3-2-4-15(16)21/h2-12H,1H3,(H2,23,24,25). The highest BCUT2D eigenvalue weighted by molar-refractivity contribution is 5.80. The number of benzene rings is 2. The van der Waals surface area contributed by atoms with Gasteiger partial charge in [-0.1, -0.05) is 12.1 Å². The average molecular weight is 377 g/mol. The molecule has 2 aromatic carbocycles. The van der Waals surface area contributed by atoms with Crippen LogP contribution in [0.3, 0.4) is 0 Å². The summed E-state index contributed by atoms with van der Waals surface area (Å²) in [6.07, 6.45) is 2.24. The SMILES string of the molecule is CN(C=O)c1cc(Oc2ccc3nc(Nc4ccccc4F)[nH]c3c2)ccn1. The van der Waals surface area contributed by atoms with Gasteiger partial charge < -0.3 is 19.9 Å². The second kappa shape index (κ2) is 7.36. The third-order valence-corrected chi connectivity index (χ3v) is 4.05. The highest BCUT2D eigenvalue weighted by Gasteiger charge is 2.08. The summed E-state index contributed by atoms with van der Waals surface area (Å²) >= 11 is 0. The minimum atomic E-state index is -0.360. The number of nitrogens with one attached hydrogen (secondary N) is 2. The molecule has 0 aliphatic rings. The van der Waals surface area contributed by atoms with Crippen molar-refractivity contribution in [3.05, 3.63) is 66.6 Å². The number of hydrogen-bond acceptors (Lipinski definition) is 5. The number of amides is 1. The van der Waals surface area contributed by atoms with E-state index in [0.29, 0.717) is 40.9 Å². The molecule has 140 valence electrons. The van der Waals surface area contributed by atoms with Gasteiger partial charge in [-0.05, 0) is 30.3 Å². The fourth-order valence-corrected chi connectivity index (χ4v) is 2.65. The molecule has 0 bridgehead atoms. The number of aromatic amines is 1. The maximum atomic E-state index is 13.8. The minimum Gasteiger partial charge on any atom is -0.457 e. The topological polar surface area (TPSA) is 83.1 Å². The van der Waals surface area contributed by atoms with Gasteiger partial charge in [0, 0.05) is 25.4 Å². The lowest BCUT2D eigenvalue weighted by molar-refractivity contribution is -0.107. The number of hydrogen-bond donors (Lipinski definition) is 2. The third-order valence-electron chi connectivity index (χ3n) is 4.05. The van der Waals surface area contributed by atoms with Crippen molar-refractivity contribution < 1.29 is 13.9 Å². The number of nitrogens with zero attached hydrogens (tertiary/aromatic N) is 3. The first-order chi connectivity index (χ1) is 13.6. The maximum Gasteiger partial charge on any atom is 0.215 e. The fraction of sp³-hybridized carbons (Fsp3) is 0.0500. The van der Waals surface area contributed by atoms with Crippen molar-refractivity contribution in [2.45, 2.75) is 0 Å². The van der Waals surface area contributed by atoms with Crippen LogP contribution >= 0.6 is 0 Å².